The van der Waals surface area contributed by atoms with E-state index in [-0.39, 0.29) is 6.10 Å². The lowest BCUT2D eigenvalue weighted by Gasteiger charge is -2.28. The largest absolute Gasteiger partial charge is 0.375 e. The van der Waals surface area contributed by atoms with Crippen molar-refractivity contribution < 1.29 is 4.74 Å². The molecule has 1 aliphatic heterocycles. The fourth-order valence-corrected chi connectivity index (χ4v) is 1.23. The van der Waals surface area contributed by atoms with E-state index in [1.807, 2.05) is 6.92 Å². The van der Waals surface area contributed by atoms with E-state index >= 15 is 0 Å². The van der Waals surface area contributed by atoms with Gasteiger partial charge in [-0.1, -0.05) is 6.92 Å². The first-order chi connectivity index (χ1) is 4.67. The average Bonchev–Trinajstić information content (AvgIpc) is 2.38. The Morgan fingerprint density at radius 3 is 2.70 bits per heavy atom. The van der Waals surface area contributed by atoms with Gasteiger partial charge in [-0.15, -0.1) is 0 Å². The van der Waals surface area contributed by atoms with Crippen LogP contribution in [-0.2, 0) is 4.74 Å². The number of nitrogens with two attached hydrogens (primary N) is 2. The van der Waals surface area contributed by atoms with Crippen molar-refractivity contribution in [2.45, 2.75) is 38.0 Å². The standard InChI is InChI=1S/C7H16N2O/c1-2-7(8,9)6-4-3-5-10-6/h6H,2-5,8-9H2,1H3. The summed E-state index contributed by atoms with van der Waals surface area (Å²) in [5, 5.41) is 0. The molecule has 0 bridgehead atoms. The number of ether oxygens (including phenoxy) is 1. The van der Waals surface area contributed by atoms with Gasteiger partial charge in [0.2, 0.25) is 0 Å². The second kappa shape index (κ2) is 2.86. The first kappa shape index (κ1) is 7.98. The first-order valence-corrected chi connectivity index (χ1v) is 3.86. The van der Waals surface area contributed by atoms with Crippen molar-refractivity contribution in [3.63, 3.8) is 0 Å². The Morgan fingerprint density at radius 1 is 1.60 bits per heavy atom. The molecule has 0 aliphatic carbocycles. The summed E-state index contributed by atoms with van der Waals surface area (Å²) < 4.78 is 5.36. The van der Waals surface area contributed by atoms with Gasteiger partial charge in [0.15, 0.2) is 0 Å². The van der Waals surface area contributed by atoms with E-state index in [4.69, 9.17) is 16.2 Å². The van der Waals surface area contributed by atoms with Crippen LogP contribution in [0.25, 0.3) is 0 Å². The molecular formula is C7H16N2O. The molecule has 0 spiro atoms. The van der Waals surface area contributed by atoms with E-state index in [2.05, 4.69) is 0 Å². The maximum Gasteiger partial charge on any atom is 0.0903 e. The molecule has 0 radical (unpaired) electrons. The molecule has 1 aliphatic rings. The van der Waals surface area contributed by atoms with Crippen LogP contribution in [0, 0.1) is 0 Å². The summed E-state index contributed by atoms with van der Waals surface area (Å²) in [4.78, 5) is 0. The molecular weight excluding hydrogens is 128 g/mol. The molecule has 4 N–H and O–H groups in total. The fourth-order valence-electron chi connectivity index (χ4n) is 1.23. The van der Waals surface area contributed by atoms with Gasteiger partial charge < -0.3 is 16.2 Å². The normalized spacial score (nSPS) is 27.3. The van der Waals surface area contributed by atoms with E-state index in [0.717, 1.165) is 25.9 Å². The van der Waals surface area contributed by atoms with Gasteiger partial charge in [0.05, 0.1) is 11.8 Å². The monoisotopic (exact) mass is 144 g/mol. The van der Waals surface area contributed by atoms with Gasteiger partial charge in [-0.25, -0.2) is 0 Å². The average molecular weight is 144 g/mol. The lowest BCUT2D eigenvalue weighted by atomic mass is 10.00. The van der Waals surface area contributed by atoms with E-state index in [0.29, 0.717) is 0 Å². The van der Waals surface area contributed by atoms with Crippen LogP contribution in [0.1, 0.15) is 26.2 Å². The van der Waals surface area contributed by atoms with Crippen LogP contribution in [0.5, 0.6) is 0 Å². The second-order valence-corrected chi connectivity index (χ2v) is 2.97. The second-order valence-electron chi connectivity index (χ2n) is 2.97. The van der Waals surface area contributed by atoms with Gasteiger partial charge in [0, 0.05) is 6.61 Å². The molecule has 60 valence electrons. The molecule has 0 aromatic heterocycles. The predicted octanol–water partition coefficient (Wildman–Crippen LogP) is 0.189. The summed E-state index contributed by atoms with van der Waals surface area (Å²) >= 11 is 0. The van der Waals surface area contributed by atoms with Crippen LogP contribution >= 0.6 is 0 Å². The van der Waals surface area contributed by atoms with Gasteiger partial charge in [-0.3, -0.25) is 0 Å². The highest BCUT2D eigenvalue weighted by atomic mass is 16.5. The minimum absolute atomic E-state index is 0.0810. The fraction of sp³-hybridized carbons (Fsp3) is 1.00. The third-order valence-corrected chi connectivity index (χ3v) is 2.14. The molecule has 0 aromatic carbocycles. The number of hydrogen-bond acceptors (Lipinski definition) is 3. The van der Waals surface area contributed by atoms with Crippen LogP contribution in [0.2, 0.25) is 0 Å². The van der Waals surface area contributed by atoms with Crippen molar-refractivity contribution >= 4 is 0 Å². The molecule has 3 heteroatoms. The Balaban J connectivity index is 2.45. The van der Waals surface area contributed by atoms with Crippen LogP contribution in [0.15, 0.2) is 0 Å². The third-order valence-electron chi connectivity index (χ3n) is 2.14. The van der Waals surface area contributed by atoms with Crippen LogP contribution < -0.4 is 11.5 Å². The molecule has 0 aromatic rings. The summed E-state index contributed by atoms with van der Waals surface area (Å²) in [5.41, 5.74) is 10.9. The van der Waals surface area contributed by atoms with E-state index in [9.17, 15) is 0 Å². The topological polar surface area (TPSA) is 61.3 Å². The zero-order chi connectivity index (χ0) is 7.61. The summed E-state index contributed by atoms with van der Waals surface area (Å²) in [6.45, 7) is 2.81. The van der Waals surface area contributed by atoms with Crippen molar-refractivity contribution in [1.29, 1.82) is 0 Å². The molecule has 0 saturated carbocycles. The van der Waals surface area contributed by atoms with Gasteiger partial charge in [-0.05, 0) is 19.3 Å². The van der Waals surface area contributed by atoms with Crippen molar-refractivity contribution in [3.8, 4) is 0 Å². The summed E-state index contributed by atoms with van der Waals surface area (Å²) in [6.07, 6.45) is 2.97. The maximum atomic E-state index is 5.77. The van der Waals surface area contributed by atoms with Crippen molar-refractivity contribution in [1.82, 2.24) is 0 Å². The summed E-state index contributed by atoms with van der Waals surface area (Å²) in [6, 6.07) is 0. The van der Waals surface area contributed by atoms with Gasteiger partial charge in [0.1, 0.15) is 0 Å². The predicted molar refractivity (Wildman–Crippen MR) is 40.4 cm³/mol. The quantitative estimate of drug-likeness (QED) is 0.544. The molecule has 1 atom stereocenters. The molecule has 1 rings (SSSR count). The molecule has 1 saturated heterocycles. The van der Waals surface area contributed by atoms with E-state index in [1.165, 1.54) is 0 Å². The minimum Gasteiger partial charge on any atom is -0.375 e. The third kappa shape index (κ3) is 1.48. The molecule has 10 heavy (non-hydrogen) atoms. The van der Waals surface area contributed by atoms with Crippen molar-refractivity contribution in [3.05, 3.63) is 0 Å². The molecule has 1 unspecified atom stereocenters. The summed E-state index contributed by atoms with van der Waals surface area (Å²) in [5.74, 6) is 0. The highest BCUT2D eigenvalue weighted by molar-refractivity contribution is 4.87. The zero-order valence-corrected chi connectivity index (χ0v) is 6.47. The Labute approximate surface area is 61.7 Å². The Hall–Kier alpha value is -0.120. The lowest BCUT2D eigenvalue weighted by molar-refractivity contribution is 0.0464. The summed E-state index contributed by atoms with van der Waals surface area (Å²) in [7, 11) is 0. The SMILES string of the molecule is CCC(N)(N)C1CCCO1. The highest BCUT2D eigenvalue weighted by Crippen LogP contribution is 2.20. The first-order valence-electron chi connectivity index (χ1n) is 3.86. The highest BCUT2D eigenvalue weighted by Gasteiger charge is 2.32. The van der Waals surface area contributed by atoms with Crippen LogP contribution in [0.3, 0.4) is 0 Å². The van der Waals surface area contributed by atoms with Crippen molar-refractivity contribution in [2.24, 2.45) is 11.5 Å². The molecule has 1 fully saturated rings. The van der Waals surface area contributed by atoms with Crippen LogP contribution in [0.4, 0.5) is 0 Å². The Morgan fingerprint density at radius 2 is 2.30 bits per heavy atom. The smallest absolute Gasteiger partial charge is 0.0903 e. The number of hydrogen-bond donors (Lipinski definition) is 2. The van der Waals surface area contributed by atoms with Gasteiger partial charge in [-0.2, -0.15) is 0 Å². The van der Waals surface area contributed by atoms with E-state index < -0.39 is 5.66 Å². The zero-order valence-electron chi connectivity index (χ0n) is 6.47. The van der Waals surface area contributed by atoms with Crippen LogP contribution in [-0.4, -0.2) is 18.4 Å². The van der Waals surface area contributed by atoms with Crippen molar-refractivity contribution in [2.75, 3.05) is 6.61 Å². The molecule has 0 amide bonds. The van der Waals surface area contributed by atoms with Gasteiger partial charge in [0.25, 0.3) is 0 Å². The Bertz CT molecular complexity index is 108. The Kier molecular flexibility index (Phi) is 2.28. The minimum atomic E-state index is -0.601. The molecule has 3 nitrogen and oxygen atoms in total. The molecule has 1 heterocycles. The van der Waals surface area contributed by atoms with E-state index in [1.54, 1.807) is 0 Å². The van der Waals surface area contributed by atoms with Gasteiger partial charge >= 0.3 is 0 Å². The number of rotatable bonds is 2. The lowest BCUT2D eigenvalue weighted by Crippen LogP contribution is -2.58. The maximum absolute atomic E-state index is 5.77.